The zero-order valence-corrected chi connectivity index (χ0v) is 12.6. The molecule has 2 rings (SSSR count). The van der Waals surface area contributed by atoms with Crippen molar-refractivity contribution in [3.8, 4) is 5.75 Å². The van der Waals surface area contributed by atoms with Crippen molar-refractivity contribution in [1.82, 2.24) is 5.32 Å². The lowest BCUT2D eigenvalue weighted by molar-refractivity contribution is -0.146. The van der Waals surface area contributed by atoms with Crippen LogP contribution in [0.3, 0.4) is 0 Å². The van der Waals surface area contributed by atoms with E-state index >= 15 is 0 Å². The molecular weight excluding hydrogens is 266 g/mol. The van der Waals surface area contributed by atoms with Gasteiger partial charge in [0.1, 0.15) is 11.3 Å². The number of carboxylic acids is 1. The van der Waals surface area contributed by atoms with Crippen LogP contribution in [-0.2, 0) is 10.3 Å². The summed E-state index contributed by atoms with van der Waals surface area (Å²) in [6.07, 6.45) is 7.34. The van der Waals surface area contributed by atoms with Crippen LogP contribution in [0.1, 0.15) is 57.4 Å². The van der Waals surface area contributed by atoms with Crippen LogP contribution < -0.4 is 5.32 Å². The number of benzene rings is 1. The number of nitrogens with one attached hydrogen (secondary N) is 1. The molecular formula is C17H25NO3. The Morgan fingerprint density at radius 2 is 1.76 bits per heavy atom. The highest BCUT2D eigenvalue weighted by molar-refractivity contribution is 5.80. The zero-order chi connectivity index (χ0) is 15.3. The molecule has 3 N–H and O–H groups in total. The molecule has 4 heteroatoms. The quantitative estimate of drug-likeness (QED) is 0.727. The molecule has 0 aromatic heterocycles. The number of phenols is 1. The third-order valence-corrected chi connectivity index (χ3v) is 4.56. The molecule has 1 saturated carbocycles. The number of hydrogen-bond donors (Lipinski definition) is 3. The van der Waals surface area contributed by atoms with Gasteiger partial charge in [0, 0.05) is 6.04 Å². The monoisotopic (exact) mass is 291 g/mol. The summed E-state index contributed by atoms with van der Waals surface area (Å²) in [7, 11) is 0. The molecule has 0 radical (unpaired) electrons. The Balaban J connectivity index is 2.27. The van der Waals surface area contributed by atoms with Gasteiger partial charge in [-0.3, -0.25) is 5.32 Å². The fraction of sp³-hybridized carbons (Fsp3) is 0.588. The summed E-state index contributed by atoms with van der Waals surface area (Å²) in [5.74, 6) is -0.691. The number of rotatable bonds is 5. The third-order valence-electron chi connectivity index (χ3n) is 4.56. The Morgan fingerprint density at radius 3 is 2.24 bits per heavy atom. The smallest absolute Gasteiger partial charge is 0.328 e. The van der Waals surface area contributed by atoms with Crippen molar-refractivity contribution >= 4 is 5.97 Å². The molecule has 116 valence electrons. The molecule has 0 spiro atoms. The lowest BCUT2D eigenvalue weighted by Gasteiger charge is -2.34. The normalized spacial score (nSPS) is 19.7. The van der Waals surface area contributed by atoms with Crippen LogP contribution in [0.15, 0.2) is 24.3 Å². The number of aliphatic carboxylic acids is 1. The zero-order valence-electron chi connectivity index (χ0n) is 12.6. The molecule has 1 atom stereocenters. The molecule has 1 aliphatic carbocycles. The van der Waals surface area contributed by atoms with Gasteiger partial charge in [-0.2, -0.15) is 0 Å². The average Bonchev–Trinajstić information content (AvgIpc) is 2.74. The summed E-state index contributed by atoms with van der Waals surface area (Å²) in [6, 6.07) is 6.76. The highest BCUT2D eigenvalue weighted by Gasteiger charge is 2.40. The highest BCUT2D eigenvalue weighted by Crippen LogP contribution is 2.30. The van der Waals surface area contributed by atoms with Crippen LogP contribution >= 0.6 is 0 Å². The lowest BCUT2D eigenvalue weighted by atomic mass is 9.85. The van der Waals surface area contributed by atoms with Crippen molar-refractivity contribution in [2.24, 2.45) is 0 Å². The number of phenolic OH excluding ortho intramolecular Hbond substituents is 1. The molecule has 1 aromatic carbocycles. The van der Waals surface area contributed by atoms with E-state index in [1.165, 1.54) is 12.8 Å². The first-order valence-corrected chi connectivity index (χ1v) is 7.89. The van der Waals surface area contributed by atoms with Crippen molar-refractivity contribution in [3.05, 3.63) is 29.8 Å². The summed E-state index contributed by atoms with van der Waals surface area (Å²) in [4.78, 5) is 12.0. The standard InChI is InChI=1S/C17H25NO3/c1-2-17(16(20)21,13-9-11-15(19)12-10-13)18-14-7-5-3-4-6-8-14/h9-12,14,18-19H,2-8H2,1H3,(H,20,21). The van der Waals surface area contributed by atoms with E-state index in [4.69, 9.17) is 0 Å². The third kappa shape index (κ3) is 3.56. The van der Waals surface area contributed by atoms with Gasteiger partial charge in [0.15, 0.2) is 0 Å². The molecule has 0 bridgehead atoms. The van der Waals surface area contributed by atoms with Crippen LogP contribution in [0.25, 0.3) is 0 Å². The summed E-state index contributed by atoms with van der Waals surface area (Å²) >= 11 is 0. The first-order chi connectivity index (χ1) is 10.1. The fourth-order valence-corrected chi connectivity index (χ4v) is 3.24. The van der Waals surface area contributed by atoms with Crippen LogP contribution in [0.4, 0.5) is 0 Å². The Hall–Kier alpha value is -1.55. The molecule has 0 saturated heterocycles. The van der Waals surface area contributed by atoms with Gasteiger partial charge < -0.3 is 10.2 Å². The Bertz CT molecular complexity index is 463. The molecule has 21 heavy (non-hydrogen) atoms. The number of carbonyl (C=O) groups is 1. The van der Waals surface area contributed by atoms with Gasteiger partial charge in [0.25, 0.3) is 0 Å². The van der Waals surface area contributed by atoms with Crippen LogP contribution in [0, 0.1) is 0 Å². The minimum Gasteiger partial charge on any atom is -0.508 e. The van der Waals surface area contributed by atoms with E-state index in [1.54, 1.807) is 24.3 Å². The topological polar surface area (TPSA) is 69.6 Å². The first-order valence-electron chi connectivity index (χ1n) is 7.89. The molecule has 4 nitrogen and oxygen atoms in total. The second-order valence-electron chi connectivity index (χ2n) is 5.94. The Labute approximate surface area is 126 Å². The molecule has 0 aliphatic heterocycles. The van der Waals surface area contributed by atoms with Gasteiger partial charge >= 0.3 is 5.97 Å². The molecule has 0 heterocycles. The van der Waals surface area contributed by atoms with Crippen molar-refractivity contribution in [1.29, 1.82) is 0 Å². The fourth-order valence-electron chi connectivity index (χ4n) is 3.24. The molecule has 1 fully saturated rings. The Kier molecular flexibility index (Phi) is 5.23. The van der Waals surface area contributed by atoms with Crippen LogP contribution in [0.5, 0.6) is 5.75 Å². The first kappa shape index (κ1) is 15.8. The maximum atomic E-state index is 12.0. The van der Waals surface area contributed by atoms with Crippen molar-refractivity contribution < 1.29 is 15.0 Å². The summed E-state index contributed by atoms with van der Waals surface area (Å²) in [6.45, 7) is 1.89. The van der Waals surface area contributed by atoms with Crippen LogP contribution in [0.2, 0.25) is 0 Å². The minimum atomic E-state index is -1.07. The van der Waals surface area contributed by atoms with Gasteiger partial charge in [0.05, 0.1) is 0 Å². The molecule has 1 aliphatic rings. The van der Waals surface area contributed by atoms with Gasteiger partial charge in [-0.1, -0.05) is 44.7 Å². The van der Waals surface area contributed by atoms with E-state index in [2.05, 4.69) is 5.32 Å². The van der Waals surface area contributed by atoms with E-state index in [-0.39, 0.29) is 11.8 Å². The number of hydrogen-bond acceptors (Lipinski definition) is 3. The number of carboxylic acid groups (broad SMARTS) is 1. The van der Waals surface area contributed by atoms with Crippen LogP contribution in [-0.4, -0.2) is 22.2 Å². The van der Waals surface area contributed by atoms with E-state index < -0.39 is 11.5 Å². The molecule has 0 amide bonds. The van der Waals surface area contributed by atoms with Gasteiger partial charge in [-0.05, 0) is 37.0 Å². The second-order valence-corrected chi connectivity index (χ2v) is 5.94. The lowest BCUT2D eigenvalue weighted by Crippen LogP contribution is -2.53. The largest absolute Gasteiger partial charge is 0.508 e. The predicted molar refractivity (Wildman–Crippen MR) is 82.3 cm³/mol. The SMILES string of the molecule is CCC(NC1CCCCCC1)(C(=O)O)c1ccc(O)cc1. The average molecular weight is 291 g/mol. The van der Waals surface area contributed by atoms with E-state index in [1.807, 2.05) is 6.92 Å². The van der Waals surface area contributed by atoms with Gasteiger partial charge in [0.2, 0.25) is 0 Å². The van der Waals surface area contributed by atoms with E-state index in [9.17, 15) is 15.0 Å². The predicted octanol–water partition coefficient (Wildman–Crippen LogP) is 3.39. The highest BCUT2D eigenvalue weighted by atomic mass is 16.4. The van der Waals surface area contributed by atoms with Gasteiger partial charge in [-0.25, -0.2) is 4.79 Å². The maximum Gasteiger partial charge on any atom is 0.328 e. The van der Waals surface area contributed by atoms with E-state index in [0.717, 1.165) is 25.7 Å². The Morgan fingerprint density at radius 1 is 1.19 bits per heavy atom. The minimum absolute atomic E-state index is 0.156. The summed E-state index contributed by atoms with van der Waals surface area (Å²) in [5.41, 5.74) is -0.359. The number of aromatic hydroxyl groups is 1. The van der Waals surface area contributed by atoms with E-state index in [0.29, 0.717) is 12.0 Å². The molecule has 1 unspecified atom stereocenters. The van der Waals surface area contributed by atoms with Crippen molar-refractivity contribution in [3.63, 3.8) is 0 Å². The maximum absolute atomic E-state index is 12.0. The van der Waals surface area contributed by atoms with Crippen molar-refractivity contribution in [2.75, 3.05) is 0 Å². The second kappa shape index (κ2) is 6.94. The van der Waals surface area contributed by atoms with Gasteiger partial charge in [-0.15, -0.1) is 0 Å². The summed E-state index contributed by atoms with van der Waals surface area (Å²) < 4.78 is 0. The van der Waals surface area contributed by atoms with Crippen molar-refractivity contribution in [2.45, 2.75) is 63.5 Å². The molecule has 1 aromatic rings. The summed E-state index contributed by atoms with van der Waals surface area (Å²) in [5, 5.41) is 22.7.